The first-order chi connectivity index (χ1) is 9.16. The van der Waals surface area contributed by atoms with Crippen LogP contribution in [-0.4, -0.2) is 39.0 Å². The van der Waals surface area contributed by atoms with Crippen molar-refractivity contribution < 1.29 is 17.5 Å². The predicted octanol–water partition coefficient (Wildman–Crippen LogP) is 2.22. The first-order valence-electron chi connectivity index (χ1n) is 5.98. The summed E-state index contributed by atoms with van der Waals surface area (Å²) in [6, 6.07) is 2.15. The van der Waals surface area contributed by atoms with E-state index in [-0.39, 0.29) is 24.9 Å². The van der Waals surface area contributed by atoms with Gasteiger partial charge < -0.3 is 10.5 Å². The number of nitrogen functional groups attached to an aromatic ring is 1. The summed E-state index contributed by atoms with van der Waals surface area (Å²) in [6.45, 7) is 4.07. The fourth-order valence-corrected chi connectivity index (χ4v) is 2.99. The van der Waals surface area contributed by atoms with Crippen molar-refractivity contribution in [3.8, 4) is 0 Å². The molecule has 0 fully saturated rings. The van der Waals surface area contributed by atoms with E-state index in [1.807, 2.05) is 13.8 Å². The maximum absolute atomic E-state index is 13.8. The number of rotatable bonds is 6. The Labute approximate surface area is 127 Å². The van der Waals surface area contributed by atoms with Gasteiger partial charge in [0, 0.05) is 23.8 Å². The average Bonchev–Trinajstić information content (AvgIpc) is 2.32. The van der Waals surface area contributed by atoms with Crippen molar-refractivity contribution in [2.24, 2.45) is 0 Å². The van der Waals surface area contributed by atoms with Crippen molar-refractivity contribution in [2.45, 2.75) is 24.8 Å². The summed E-state index contributed by atoms with van der Waals surface area (Å²) in [5.74, 6) is -0.845. The number of sulfonamides is 1. The lowest BCUT2D eigenvalue weighted by molar-refractivity contribution is 0.0737. The lowest BCUT2D eigenvalue weighted by Crippen LogP contribution is -2.31. The Morgan fingerprint density at radius 1 is 1.45 bits per heavy atom. The van der Waals surface area contributed by atoms with Crippen LogP contribution in [0, 0.1) is 5.82 Å². The van der Waals surface area contributed by atoms with Gasteiger partial charge in [0.1, 0.15) is 10.7 Å². The number of nitrogens with zero attached hydrogens (tertiary/aromatic N) is 1. The third-order valence-corrected chi connectivity index (χ3v) is 5.16. The number of hydrogen-bond donors (Lipinski definition) is 1. The first kappa shape index (κ1) is 17.4. The Morgan fingerprint density at radius 2 is 2.05 bits per heavy atom. The van der Waals surface area contributed by atoms with Crippen molar-refractivity contribution >= 4 is 31.6 Å². The Balaban J connectivity index is 2.96. The zero-order valence-electron chi connectivity index (χ0n) is 11.6. The highest BCUT2D eigenvalue weighted by Crippen LogP contribution is 2.27. The highest BCUT2D eigenvalue weighted by Gasteiger charge is 2.25. The topological polar surface area (TPSA) is 72.6 Å². The molecule has 1 aromatic rings. The number of halogens is 2. The normalized spacial score (nSPS) is 12.3. The van der Waals surface area contributed by atoms with E-state index in [9.17, 15) is 12.8 Å². The molecule has 0 saturated carbocycles. The van der Waals surface area contributed by atoms with Gasteiger partial charge in [-0.25, -0.2) is 12.8 Å². The van der Waals surface area contributed by atoms with Crippen LogP contribution in [0.2, 0.25) is 0 Å². The summed E-state index contributed by atoms with van der Waals surface area (Å²) in [6.07, 6.45) is 0.00571. The van der Waals surface area contributed by atoms with Crippen LogP contribution in [0.25, 0.3) is 0 Å². The molecule has 0 unspecified atom stereocenters. The molecular formula is C12H18BrFN2O3S. The van der Waals surface area contributed by atoms with E-state index in [1.165, 1.54) is 7.05 Å². The monoisotopic (exact) mass is 368 g/mol. The molecule has 20 heavy (non-hydrogen) atoms. The molecule has 0 aromatic heterocycles. The molecule has 0 atom stereocenters. The fraction of sp³-hybridized carbons (Fsp3) is 0.500. The van der Waals surface area contributed by atoms with E-state index in [0.717, 1.165) is 16.4 Å². The molecule has 0 aliphatic rings. The molecule has 0 saturated heterocycles. The second-order valence-electron chi connectivity index (χ2n) is 4.55. The Bertz CT molecular complexity index is 578. The summed E-state index contributed by atoms with van der Waals surface area (Å²) in [7, 11) is -2.56. The summed E-state index contributed by atoms with van der Waals surface area (Å²) in [5, 5.41) is 0. The van der Waals surface area contributed by atoms with Gasteiger partial charge in [-0.3, -0.25) is 0 Å². The summed E-state index contributed by atoms with van der Waals surface area (Å²) in [5.41, 5.74) is 5.77. The van der Waals surface area contributed by atoms with Crippen molar-refractivity contribution in [3.05, 3.63) is 22.4 Å². The van der Waals surface area contributed by atoms with Crippen molar-refractivity contribution in [3.63, 3.8) is 0 Å². The molecule has 1 aromatic carbocycles. The van der Waals surface area contributed by atoms with Crippen molar-refractivity contribution in [2.75, 3.05) is 25.9 Å². The van der Waals surface area contributed by atoms with Gasteiger partial charge in [0.2, 0.25) is 10.0 Å². The zero-order valence-corrected chi connectivity index (χ0v) is 14.0. The summed E-state index contributed by atoms with van der Waals surface area (Å²) in [4.78, 5) is -0.440. The number of benzene rings is 1. The summed E-state index contributed by atoms with van der Waals surface area (Å²) < 4.78 is 45.0. The molecular weight excluding hydrogens is 351 g/mol. The third kappa shape index (κ3) is 4.15. The van der Waals surface area contributed by atoms with E-state index in [2.05, 4.69) is 15.9 Å². The molecule has 0 heterocycles. The van der Waals surface area contributed by atoms with E-state index in [4.69, 9.17) is 10.5 Å². The van der Waals surface area contributed by atoms with Crippen LogP contribution in [0.3, 0.4) is 0 Å². The lowest BCUT2D eigenvalue weighted by atomic mass is 10.3. The van der Waals surface area contributed by atoms with Gasteiger partial charge in [0.25, 0.3) is 0 Å². The van der Waals surface area contributed by atoms with Crippen LogP contribution < -0.4 is 5.73 Å². The minimum atomic E-state index is -3.93. The average molecular weight is 369 g/mol. The van der Waals surface area contributed by atoms with Gasteiger partial charge in [-0.05, 0) is 41.9 Å². The molecule has 0 radical (unpaired) electrons. The Hall–Kier alpha value is -0.700. The van der Waals surface area contributed by atoms with Crippen LogP contribution in [0.15, 0.2) is 21.5 Å². The molecule has 5 nitrogen and oxygen atoms in total. The number of hydrogen-bond acceptors (Lipinski definition) is 4. The van der Waals surface area contributed by atoms with Gasteiger partial charge in [-0.2, -0.15) is 4.31 Å². The van der Waals surface area contributed by atoms with Gasteiger partial charge >= 0.3 is 0 Å². The van der Waals surface area contributed by atoms with Crippen LogP contribution in [0.1, 0.15) is 13.8 Å². The van der Waals surface area contributed by atoms with Crippen LogP contribution >= 0.6 is 15.9 Å². The zero-order chi connectivity index (χ0) is 15.5. The molecule has 114 valence electrons. The van der Waals surface area contributed by atoms with Crippen LogP contribution in [0.5, 0.6) is 0 Å². The van der Waals surface area contributed by atoms with Gasteiger partial charge in [0.15, 0.2) is 0 Å². The Kier molecular flexibility index (Phi) is 5.93. The molecule has 1 rings (SSSR count). The molecule has 0 aliphatic heterocycles. The van der Waals surface area contributed by atoms with Crippen LogP contribution in [0.4, 0.5) is 10.1 Å². The minimum Gasteiger partial charge on any atom is -0.398 e. The number of anilines is 1. The third-order valence-electron chi connectivity index (χ3n) is 2.60. The van der Waals surface area contributed by atoms with E-state index in [0.29, 0.717) is 4.47 Å². The molecule has 0 aliphatic carbocycles. The Morgan fingerprint density at radius 3 is 2.60 bits per heavy atom. The number of ether oxygens (including phenoxy) is 1. The highest BCUT2D eigenvalue weighted by atomic mass is 79.9. The molecule has 2 N–H and O–H groups in total. The van der Waals surface area contributed by atoms with Gasteiger partial charge in [-0.15, -0.1) is 0 Å². The van der Waals surface area contributed by atoms with E-state index in [1.54, 1.807) is 0 Å². The second-order valence-corrected chi connectivity index (χ2v) is 7.42. The smallest absolute Gasteiger partial charge is 0.245 e. The maximum atomic E-state index is 13.8. The second kappa shape index (κ2) is 6.84. The predicted molar refractivity (Wildman–Crippen MR) is 79.4 cm³/mol. The molecule has 0 amide bonds. The van der Waals surface area contributed by atoms with E-state index < -0.39 is 20.7 Å². The quantitative estimate of drug-likeness (QED) is 0.781. The van der Waals surface area contributed by atoms with Crippen molar-refractivity contribution in [1.29, 1.82) is 0 Å². The number of nitrogens with two attached hydrogens (primary N) is 1. The highest BCUT2D eigenvalue weighted by molar-refractivity contribution is 9.10. The molecule has 0 bridgehead atoms. The first-order valence-corrected chi connectivity index (χ1v) is 8.22. The fourth-order valence-electron chi connectivity index (χ4n) is 1.45. The SMILES string of the molecule is CC(C)OCCN(C)S(=O)(=O)c1cc(N)c(Br)cc1F. The summed E-state index contributed by atoms with van der Waals surface area (Å²) >= 11 is 3.05. The van der Waals surface area contributed by atoms with Gasteiger partial charge in [0.05, 0.1) is 12.7 Å². The maximum Gasteiger partial charge on any atom is 0.245 e. The van der Waals surface area contributed by atoms with Gasteiger partial charge in [-0.1, -0.05) is 0 Å². The molecule has 8 heteroatoms. The standard InChI is InChI=1S/C12H18BrFN2O3S/c1-8(2)19-5-4-16(3)20(17,18)12-7-11(15)9(13)6-10(12)14/h6-8H,4-5,15H2,1-3H3. The lowest BCUT2D eigenvalue weighted by Gasteiger charge is -2.19. The number of likely N-dealkylation sites (N-methyl/N-ethyl adjacent to an activating group) is 1. The van der Waals surface area contributed by atoms with E-state index >= 15 is 0 Å². The van der Waals surface area contributed by atoms with Crippen molar-refractivity contribution in [1.82, 2.24) is 4.31 Å². The van der Waals surface area contributed by atoms with Crippen LogP contribution in [-0.2, 0) is 14.8 Å². The molecule has 0 spiro atoms. The largest absolute Gasteiger partial charge is 0.398 e. The minimum absolute atomic E-state index is 0.00571.